The minimum absolute atomic E-state index is 0.341. The van der Waals surface area contributed by atoms with Gasteiger partial charge in [-0.1, -0.05) is 31.2 Å². The second-order valence-corrected chi connectivity index (χ2v) is 5.24. The summed E-state index contributed by atoms with van der Waals surface area (Å²) in [6.07, 6.45) is 2.05. The number of benzene rings is 1. The van der Waals surface area contributed by atoms with Crippen LogP contribution in [-0.2, 0) is 22.6 Å². The largest absolute Gasteiger partial charge is 0.368 e. The fourth-order valence-corrected chi connectivity index (χ4v) is 2.19. The molecular weight excluding hydrogens is 312 g/mol. The van der Waals surface area contributed by atoms with E-state index in [9.17, 15) is 19.2 Å². The first-order valence-corrected chi connectivity index (χ1v) is 7.38. The Hall–Kier alpha value is -3.16. The van der Waals surface area contributed by atoms with Gasteiger partial charge in [0.05, 0.1) is 0 Å². The number of hydrogen-bond donors (Lipinski definition) is 3. The van der Waals surface area contributed by atoms with Crippen LogP contribution in [0, 0.1) is 0 Å². The molecule has 0 spiro atoms. The average Bonchev–Trinajstić information content (AvgIpc) is 2.55. The lowest BCUT2D eigenvalue weighted by Crippen LogP contribution is -2.41. The predicted molar refractivity (Wildman–Crippen MR) is 87.2 cm³/mol. The highest BCUT2D eigenvalue weighted by atomic mass is 16.2. The number of aromatic nitrogens is 2. The van der Waals surface area contributed by atoms with E-state index in [0.717, 1.165) is 22.6 Å². The number of carbonyl (C=O) groups excluding carboxylic acids is 2. The summed E-state index contributed by atoms with van der Waals surface area (Å²) in [5.41, 5.74) is 5.75. The van der Waals surface area contributed by atoms with Crippen LogP contribution in [0.25, 0.3) is 0 Å². The van der Waals surface area contributed by atoms with E-state index in [-0.39, 0.29) is 6.54 Å². The van der Waals surface area contributed by atoms with E-state index in [1.165, 1.54) is 6.20 Å². The summed E-state index contributed by atoms with van der Waals surface area (Å²) in [5, 5.41) is 2.50. The third-order valence-corrected chi connectivity index (χ3v) is 3.52. The van der Waals surface area contributed by atoms with E-state index >= 15 is 0 Å². The lowest BCUT2D eigenvalue weighted by atomic mass is 10.0. The van der Waals surface area contributed by atoms with Gasteiger partial charge >= 0.3 is 5.69 Å². The van der Waals surface area contributed by atoms with Crippen molar-refractivity contribution in [3.63, 3.8) is 0 Å². The molecule has 0 aliphatic carbocycles. The minimum Gasteiger partial charge on any atom is -0.368 e. The van der Waals surface area contributed by atoms with Crippen molar-refractivity contribution in [2.24, 2.45) is 5.73 Å². The fourth-order valence-electron chi connectivity index (χ4n) is 2.19. The molecule has 8 heteroatoms. The quantitative estimate of drug-likeness (QED) is 0.656. The molecule has 1 atom stereocenters. The third-order valence-electron chi connectivity index (χ3n) is 3.52. The van der Waals surface area contributed by atoms with Gasteiger partial charge in [-0.3, -0.25) is 23.9 Å². The van der Waals surface area contributed by atoms with Crippen molar-refractivity contribution in [3.05, 3.63) is 68.5 Å². The Kier molecular flexibility index (Phi) is 5.31. The van der Waals surface area contributed by atoms with Crippen molar-refractivity contribution in [3.8, 4) is 0 Å². The Morgan fingerprint density at radius 1 is 1.21 bits per heavy atom. The second-order valence-electron chi connectivity index (χ2n) is 5.24. The lowest BCUT2D eigenvalue weighted by Gasteiger charge is -2.16. The van der Waals surface area contributed by atoms with Gasteiger partial charge in [-0.05, 0) is 17.5 Å². The molecule has 0 fully saturated rings. The minimum atomic E-state index is -0.998. The first-order chi connectivity index (χ1) is 11.4. The zero-order valence-corrected chi connectivity index (χ0v) is 13.1. The number of aromatic amines is 1. The van der Waals surface area contributed by atoms with Crippen molar-refractivity contribution in [2.45, 2.75) is 25.9 Å². The van der Waals surface area contributed by atoms with Gasteiger partial charge in [-0.2, -0.15) is 0 Å². The smallest absolute Gasteiger partial charge is 0.328 e. The maximum Gasteiger partial charge on any atom is 0.328 e. The lowest BCUT2D eigenvalue weighted by molar-refractivity contribution is -0.127. The van der Waals surface area contributed by atoms with Crippen LogP contribution in [-0.4, -0.2) is 21.4 Å². The molecule has 2 rings (SSSR count). The summed E-state index contributed by atoms with van der Waals surface area (Å²) < 4.78 is 1.02. The topological polar surface area (TPSA) is 127 Å². The van der Waals surface area contributed by atoms with Gasteiger partial charge in [0.25, 0.3) is 5.56 Å². The number of amides is 2. The van der Waals surface area contributed by atoms with Crippen LogP contribution >= 0.6 is 0 Å². The summed E-state index contributed by atoms with van der Waals surface area (Å²) in [6, 6.07) is 7.28. The Morgan fingerprint density at radius 2 is 1.88 bits per heavy atom. The summed E-state index contributed by atoms with van der Waals surface area (Å²) in [4.78, 5) is 48.4. The maximum atomic E-state index is 12.1. The number of H-pyrrole nitrogens is 1. The van der Waals surface area contributed by atoms with E-state index in [4.69, 9.17) is 5.73 Å². The zero-order chi connectivity index (χ0) is 17.7. The van der Waals surface area contributed by atoms with Crippen LogP contribution in [0.15, 0.2) is 46.1 Å². The molecule has 0 saturated heterocycles. The van der Waals surface area contributed by atoms with E-state index in [1.54, 1.807) is 12.1 Å². The highest BCUT2D eigenvalue weighted by Gasteiger charge is 2.20. The predicted octanol–water partition coefficient (Wildman–Crippen LogP) is -0.558. The number of aryl methyl sites for hydroxylation is 1. The van der Waals surface area contributed by atoms with E-state index < -0.39 is 29.1 Å². The zero-order valence-electron chi connectivity index (χ0n) is 13.1. The number of nitrogens with two attached hydrogens (primary N) is 1. The van der Waals surface area contributed by atoms with Crippen LogP contribution in [0.1, 0.15) is 24.1 Å². The van der Waals surface area contributed by atoms with E-state index in [0.29, 0.717) is 5.56 Å². The van der Waals surface area contributed by atoms with Gasteiger partial charge in [-0.25, -0.2) is 4.79 Å². The van der Waals surface area contributed by atoms with Crippen molar-refractivity contribution in [1.29, 1.82) is 0 Å². The third kappa shape index (κ3) is 4.19. The monoisotopic (exact) mass is 330 g/mol. The van der Waals surface area contributed by atoms with Crippen LogP contribution in [0.2, 0.25) is 0 Å². The summed E-state index contributed by atoms with van der Waals surface area (Å²) >= 11 is 0. The molecule has 0 aliphatic rings. The number of hydrogen-bond acceptors (Lipinski definition) is 4. The molecule has 8 nitrogen and oxygen atoms in total. The second kappa shape index (κ2) is 7.40. The highest BCUT2D eigenvalue weighted by Crippen LogP contribution is 2.14. The molecule has 0 bridgehead atoms. The van der Waals surface area contributed by atoms with Gasteiger partial charge in [0.2, 0.25) is 11.8 Å². The molecule has 24 heavy (non-hydrogen) atoms. The van der Waals surface area contributed by atoms with E-state index in [1.807, 2.05) is 24.0 Å². The van der Waals surface area contributed by atoms with Gasteiger partial charge in [-0.15, -0.1) is 0 Å². The van der Waals surface area contributed by atoms with Gasteiger partial charge in [0.15, 0.2) is 0 Å². The molecule has 126 valence electrons. The number of rotatable bonds is 6. The number of primary amides is 1. The standard InChI is InChI=1S/C16H18N4O4/c1-2-10-3-5-11(6-4-10)14(15(17)23)18-13(22)9-20-8-7-12(21)19-16(20)24/h3-8,14H,2,9H2,1H3,(H2,17,23)(H,18,22)(H,19,21,24)/t14-/m1/s1. The Bertz CT molecular complexity index is 851. The number of carbonyl (C=O) groups is 2. The van der Waals surface area contributed by atoms with Gasteiger partial charge in [0.1, 0.15) is 12.6 Å². The summed E-state index contributed by atoms with van der Waals surface area (Å²) in [7, 11) is 0. The molecule has 0 radical (unpaired) electrons. The molecule has 1 heterocycles. The highest BCUT2D eigenvalue weighted by molar-refractivity contribution is 5.87. The Balaban J connectivity index is 2.14. The van der Waals surface area contributed by atoms with Crippen molar-refractivity contribution in [1.82, 2.24) is 14.9 Å². The number of nitrogens with one attached hydrogen (secondary N) is 2. The van der Waals surface area contributed by atoms with Gasteiger partial charge in [0, 0.05) is 12.3 Å². The van der Waals surface area contributed by atoms with E-state index in [2.05, 4.69) is 5.32 Å². The van der Waals surface area contributed by atoms with Crippen LogP contribution in [0.4, 0.5) is 0 Å². The van der Waals surface area contributed by atoms with Crippen molar-refractivity contribution >= 4 is 11.8 Å². The first kappa shape index (κ1) is 17.2. The fraction of sp³-hybridized carbons (Fsp3) is 0.250. The van der Waals surface area contributed by atoms with Crippen LogP contribution < -0.4 is 22.3 Å². The summed E-state index contributed by atoms with van der Waals surface area (Å²) in [5.74, 6) is -1.28. The maximum absolute atomic E-state index is 12.1. The molecule has 0 aliphatic heterocycles. The number of nitrogens with zero attached hydrogens (tertiary/aromatic N) is 1. The van der Waals surface area contributed by atoms with Crippen molar-refractivity contribution in [2.75, 3.05) is 0 Å². The molecule has 4 N–H and O–H groups in total. The summed E-state index contributed by atoms with van der Waals surface area (Å²) in [6.45, 7) is 1.66. The molecular formula is C16H18N4O4. The van der Waals surface area contributed by atoms with Crippen molar-refractivity contribution < 1.29 is 9.59 Å². The SMILES string of the molecule is CCc1ccc([C@@H](NC(=O)Cn2ccc(=O)[nH]c2=O)C(N)=O)cc1. The molecule has 1 aromatic heterocycles. The Labute approximate surface area is 137 Å². The molecule has 2 amide bonds. The molecule has 1 aromatic carbocycles. The van der Waals surface area contributed by atoms with Gasteiger partial charge < -0.3 is 11.1 Å². The van der Waals surface area contributed by atoms with Crippen LogP contribution in [0.3, 0.4) is 0 Å². The molecule has 2 aromatic rings. The molecule has 0 unspecified atom stereocenters. The Morgan fingerprint density at radius 3 is 2.42 bits per heavy atom. The normalized spacial score (nSPS) is 11.7. The average molecular weight is 330 g/mol. The van der Waals surface area contributed by atoms with Crippen LogP contribution in [0.5, 0.6) is 0 Å². The molecule has 0 saturated carbocycles. The first-order valence-electron chi connectivity index (χ1n) is 7.38.